The van der Waals surface area contributed by atoms with E-state index in [1.807, 2.05) is 36.5 Å². The first-order valence-electron chi connectivity index (χ1n) is 9.53. The summed E-state index contributed by atoms with van der Waals surface area (Å²) in [7, 11) is 1.66. The Bertz CT molecular complexity index is 1370. The maximum Gasteiger partial charge on any atom is 0.328 e. The van der Waals surface area contributed by atoms with E-state index in [4.69, 9.17) is 9.47 Å². The van der Waals surface area contributed by atoms with Gasteiger partial charge >= 0.3 is 5.69 Å². The number of nitrogens with one attached hydrogen (secondary N) is 2. The minimum atomic E-state index is -0.232. The highest BCUT2D eigenvalue weighted by Crippen LogP contribution is 2.33. The van der Waals surface area contributed by atoms with Crippen molar-refractivity contribution in [2.75, 3.05) is 13.2 Å². The molecule has 0 unspecified atom stereocenters. The topological polar surface area (TPSA) is 97.8 Å². The number of aromatic amines is 2. The number of hydrogen-bond donors (Lipinski definition) is 2. The van der Waals surface area contributed by atoms with Gasteiger partial charge in [0.05, 0.1) is 11.9 Å². The van der Waals surface area contributed by atoms with Gasteiger partial charge in [0.25, 0.3) is 0 Å². The predicted molar refractivity (Wildman–Crippen MR) is 114 cm³/mol. The monoisotopic (exact) mass is 401 g/mol. The molecule has 0 saturated carbocycles. The van der Waals surface area contributed by atoms with Crippen LogP contribution in [-0.2, 0) is 7.05 Å². The zero-order valence-corrected chi connectivity index (χ0v) is 16.3. The Morgan fingerprint density at radius 3 is 2.73 bits per heavy atom. The van der Waals surface area contributed by atoms with Gasteiger partial charge in [-0.15, -0.1) is 0 Å². The molecule has 2 aromatic carbocycles. The van der Waals surface area contributed by atoms with Gasteiger partial charge in [-0.2, -0.15) is 0 Å². The van der Waals surface area contributed by atoms with Crippen molar-refractivity contribution in [3.8, 4) is 22.8 Å². The number of rotatable bonds is 1. The number of ether oxygens (including phenoxy) is 2. The highest BCUT2D eigenvalue weighted by atomic mass is 16.6. The molecular weight excluding hydrogens is 382 g/mol. The van der Waals surface area contributed by atoms with Crippen LogP contribution in [0.4, 0.5) is 0 Å². The van der Waals surface area contributed by atoms with Crippen LogP contribution in [-0.4, -0.2) is 37.7 Å². The number of imidazole rings is 1. The average molecular weight is 401 g/mol. The molecule has 8 heteroatoms. The maximum atomic E-state index is 11.6. The summed E-state index contributed by atoms with van der Waals surface area (Å²) in [4.78, 5) is 26.1. The molecule has 0 spiro atoms. The van der Waals surface area contributed by atoms with Gasteiger partial charge in [-0.05, 0) is 35.7 Å². The molecule has 1 aliphatic heterocycles. The number of aryl methyl sites for hydroxylation is 1. The zero-order valence-electron chi connectivity index (χ0n) is 16.3. The van der Waals surface area contributed by atoms with Crippen molar-refractivity contribution in [3.05, 3.63) is 71.4 Å². The number of para-hydroxylation sites is 1. The Hall–Kier alpha value is -4.07. The van der Waals surface area contributed by atoms with Gasteiger partial charge < -0.3 is 14.5 Å². The van der Waals surface area contributed by atoms with Crippen LogP contribution < -0.4 is 15.2 Å². The lowest BCUT2D eigenvalue weighted by Crippen LogP contribution is -2.15. The Morgan fingerprint density at radius 1 is 1.03 bits per heavy atom. The van der Waals surface area contributed by atoms with Crippen LogP contribution in [0, 0.1) is 0 Å². The molecule has 8 nitrogen and oxygen atoms in total. The zero-order chi connectivity index (χ0) is 20.5. The summed E-state index contributed by atoms with van der Waals surface area (Å²) in [5.74, 6) is 1.43. The van der Waals surface area contributed by atoms with Crippen LogP contribution in [0.15, 0.2) is 65.7 Å². The van der Waals surface area contributed by atoms with Gasteiger partial charge in [0.2, 0.25) is 0 Å². The van der Waals surface area contributed by atoms with Crippen molar-refractivity contribution in [1.82, 2.24) is 24.5 Å². The molecular formula is C22H19N5O3. The average Bonchev–Trinajstić information content (AvgIpc) is 3.38. The molecule has 0 bridgehead atoms. The molecule has 5 aromatic rings. The Kier molecular flexibility index (Phi) is 4.44. The fourth-order valence-electron chi connectivity index (χ4n) is 3.32. The highest BCUT2D eigenvalue weighted by molar-refractivity contribution is 5.78. The molecule has 2 N–H and O–H groups in total. The summed E-state index contributed by atoms with van der Waals surface area (Å²) in [6.07, 6.45) is 3.58. The van der Waals surface area contributed by atoms with E-state index < -0.39 is 0 Å². The van der Waals surface area contributed by atoms with E-state index in [1.54, 1.807) is 13.2 Å². The molecule has 0 aliphatic carbocycles. The van der Waals surface area contributed by atoms with E-state index in [9.17, 15) is 4.79 Å². The summed E-state index contributed by atoms with van der Waals surface area (Å²) in [6, 6.07) is 15.9. The molecule has 3 aromatic heterocycles. The number of aromatic nitrogens is 5. The van der Waals surface area contributed by atoms with Crippen molar-refractivity contribution in [1.29, 1.82) is 0 Å². The SMILES string of the molecule is Cn1c(=O)[nH]c2ncc(-c3ccc4c(c3)OCCO4)nc21.c1ccc2[nH]ccc2c1. The van der Waals surface area contributed by atoms with E-state index in [0.29, 0.717) is 36.0 Å². The Morgan fingerprint density at radius 2 is 1.87 bits per heavy atom. The van der Waals surface area contributed by atoms with E-state index in [1.165, 1.54) is 15.5 Å². The fraction of sp³-hybridized carbons (Fsp3) is 0.136. The molecule has 4 heterocycles. The minimum absolute atomic E-state index is 0.232. The van der Waals surface area contributed by atoms with Crippen LogP contribution in [0.3, 0.4) is 0 Å². The third-order valence-electron chi connectivity index (χ3n) is 4.90. The smallest absolute Gasteiger partial charge is 0.328 e. The number of hydrogen-bond acceptors (Lipinski definition) is 5. The normalized spacial score (nSPS) is 12.6. The van der Waals surface area contributed by atoms with Gasteiger partial charge in [0.1, 0.15) is 13.2 Å². The first-order chi connectivity index (χ1) is 14.7. The van der Waals surface area contributed by atoms with Crippen LogP contribution >= 0.6 is 0 Å². The quantitative estimate of drug-likeness (QED) is 0.449. The second-order valence-corrected chi connectivity index (χ2v) is 6.84. The van der Waals surface area contributed by atoms with Gasteiger partial charge in [0, 0.05) is 24.3 Å². The number of fused-ring (bicyclic) bond motifs is 3. The summed E-state index contributed by atoms with van der Waals surface area (Å²) >= 11 is 0. The van der Waals surface area contributed by atoms with E-state index in [-0.39, 0.29) is 5.69 Å². The van der Waals surface area contributed by atoms with Gasteiger partial charge in [-0.3, -0.25) is 9.55 Å². The molecule has 1 aliphatic rings. The Labute approximate surface area is 171 Å². The van der Waals surface area contributed by atoms with Crippen molar-refractivity contribution in [3.63, 3.8) is 0 Å². The van der Waals surface area contributed by atoms with Crippen molar-refractivity contribution >= 4 is 22.2 Å². The molecule has 0 atom stereocenters. The highest BCUT2D eigenvalue weighted by Gasteiger charge is 2.14. The van der Waals surface area contributed by atoms with E-state index in [0.717, 1.165) is 11.3 Å². The van der Waals surface area contributed by atoms with Crippen molar-refractivity contribution in [2.24, 2.45) is 7.05 Å². The van der Waals surface area contributed by atoms with Crippen LogP contribution in [0.2, 0.25) is 0 Å². The van der Waals surface area contributed by atoms with Gasteiger partial charge in [-0.25, -0.2) is 14.8 Å². The predicted octanol–water partition coefficient (Wildman–Crippen LogP) is 3.26. The molecule has 30 heavy (non-hydrogen) atoms. The summed E-state index contributed by atoms with van der Waals surface area (Å²) < 4.78 is 12.5. The lowest BCUT2D eigenvalue weighted by atomic mass is 10.1. The Balaban J connectivity index is 0.000000178. The van der Waals surface area contributed by atoms with Crippen LogP contribution in [0.25, 0.3) is 33.5 Å². The second kappa shape index (κ2) is 7.40. The fourth-order valence-corrected chi connectivity index (χ4v) is 3.32. The first kappa shape index (κ1) is 18.0. The van der Waals surface area contributed by atoms with Crippen molar-refractivity contribution < 1.29 is 9.47 Å². The van der Waals surface area contributed by atoms with Crippen LogP contribution in [0.1, 0.15) is 0 Å². The number of H-pyrrole nitrogens is 2. The number of nitrogens with zero attached hydrogens (tertiary/aromatic N) is 3. The standard InChI is InChI=1S/C14H12N4O3.C8H7N/c1-18-13-12(17-14(18)19)15-7-9(16-13)8-2-3-10-11(6-8)21-5-4-20-10;1-2-4-8-7(3-1)5-6-9-8/h2-3,6-7H,4-5H2,1H3,(H,15,17,19);1-6,9H. The third-order valence-corrected chi connectivity index (χ3v) is 4.90. The van der Waals surface area contributed by atoms with Gasteiger partial charge in [-0.1, -0.05) is 18.2 Å². The van der Waals surface area contributed by atoms with Gasteiger partial charge in [0.15, 0.2) is 22.8 Å². The van der Waals surface area contributed by atoms with Crippen molar-refractivity contribution in [2.45, 2.75) is 0 Å². The molecule has 150 valence electrons. The largest absolute Gasteiger partial charge is 0.486 e. The molecule has 6 rings (SSSR count). The lowest BCUT2D eigenvalue weighted by Gasteiger charge is -2.18. The lowest BCUT2D eigenvalue weighted by molar-refractivity contribution is 0.171. The summed E-state index contributed by atoms with van der Waals surface area (Å²) in [5, 5.41) is 1.28. The summed E-state index contributed by atoms with van der Waals surface area (Å²) in [5.41, 5.74) is 3.51. The molecule has 0 amide bonds. The second-order valence-electron chi connectivity index (χ2n) is 6.84. The molecule has 0 fully saturated rings. The first-order valence-corrected chi connectivity index (χ1v) is 9.53. The third kappa shape index (κ3) is 3.28. The minimum Gasteiger partial charge on any atom is -0.486 e. The van der Waals surface area contributed by atoms with Crippen LogP contribution in [0.5, 0.6) is 11.5 Å². The summed E-state index contributed by atoms with van der Waals surface area (Å²) in [6.45, 7) is 1.09. The molecule has 0 radical (unpaired) electrons. The molecule has 0 saturated heterocycles. The van der Waals surface area contributed by atoms with E-state index in [2.05, 4.69) is 38.1 Å². The maximum absolute atomic E-state index is 11.6. The van der Waals surface area contributed by atoms with E-state index >= 15 is 0 Å². The number of benzene rings is 2.